The Labute approximate surface area is 134 Å². The molecule has 0 aliphatic heterocycles. The summed E-state index contributed by atoms with van der Waals surface area (Å²) in [5, 5.41) is 0. The molecule has 0 aromatic rings. The molecular weight excluding hydrogens is 264 g/mol. The van der Waals surface area contributed by atoms with Gasteiger partial charge in [-0.15, -0.1) is 6.58 Å². The van der Waals surface area contributed by atoms with Crippen LogP contribution >= 0.6 is 0 Å². The van der Waals surface area contributed by atoms with E-state index in [-0.39, 0.29) is 8.77 Å². The number of allylic oxidation sites excluding steroid dienone is 1. The summed E-state index contributed by atoms with van der Waals surface area (Å²) in [7, 11) is 0. The number of rotatable bonds is 7. The molecule has 0 aromatic carbocycles. The standard InChI is InChI=1S/2C7H14O.C3H6.CO.H2/c1-4-5-7(8)6(2)3;1-3-5-7(8)6-4-2;1-3-2;1-2;/h6H,4-5H2,1-3H3;3-6H2,1-2H3;3H,1H2,2H3;;1H/p+1. The van der Waals surface area contributed by atoms with Crippen LogP contribution in [0.3, 0.4) is 0 Å². The molecule has 0 radical (unpaired) electrons. The molecule has 0 aromatic heterocycles. The smallest absolute Gasteiger partial charge is 0 e. The van der Waals surface area contributed by atoms with Crippen molar-refractivity contribution in [3.8, 4) is 0 Å². The van der Waals surface area contributed by atoms with Gasteiger partial charge >= 0.3 is 12.7 Å². The Hall–Kier alpha value is -1.18. The maximum atomic E-state index is 10.7. The molecule has 0 bridgehead atoms. The monoisotopic (exact) mass is 301 g/mol. The molecule has 0 amide bonds. The average Bonchev–Trinajstić information content (AvgIpc) is 2.43. The maximum absolute atomic E-state index is 10.7. The van der Waals surface area contributed by atoms with Crippen LogP contribution in [0.5, 0.6) is 0 Å². The van der Waals surface area contributed by atoms with Crippen LogP contribution in [0.2, 0.25) is 0 Å². The van der Waals surface area contributed by atoms with Gasteiger partial charge in [-0.2, -0.15) is 0 Å². The van der Waals surface area contributed by atoms with Crippen LogP contribution in [0.1, 0.15) is 82.9 Å². The first-order chi connectivity index (χ1) is 9.90. The number of carbonyl (C=O) groups excluding carboxylic acids is 2. The molecule has 0 heterocycles. The van der Waals surface area contributed by atoms with E-state index in [9.17, 15) is 9.59 Å². The van der Waals surface area contributed by atoms with Crippen molar-refractivity contribution in [3.05, 3.63) is 19.3 Å². The Kier molecular flexibility index (Phi) is 36.3. The van der Waals surface area contributed by atoms with Gasteiger partial charge < -0.3 is 0 Å². The van der Waals surface area contributed by atoms with Gasteiger partial charge in [-0.3, -0.25) is 9.59 Å². The van der Waals surface area contributed by atoms with Crippen LogP contribution in [-0.2, 0) is 14.2 Å². The van der Waals surface area contributed by atoms with Crippen LogP contribution in [-0.4, -0.2) is 11.6 Å². The molecule has 0 unspecified atom stereocenters. The van der Waals surface area contributed by atoms with Gasteiger partial charge in [0.15, 0.2) is 0 Å². The van der Waals surface area contributed by atoms with Crippen molar-refractivity contribution in [1.82, 2.24) is 0 Å². The van der Waals surface area contributed by atoms with E-state index >= 15 is 0 Å². The third-order valence-corrected chi connectivity index (χ3v) is 2.20. The summed E-state index contributed by atoms with van der Waals surface area (Å²) in [5.74, 6) is 1.03. The van der Waals surface area contributed by atoms with Crippen LogP contribution in [0.15, 0.2) is 12.7 Å². The van der Waals surface area contributed by atoms with Crippen molar-refractivity contribution in [1.29, 1.82) is 0 Å². The van der Waals surface area contributed by atoms with Crippen molar-refractivity contribution in [2.24, 2.45) is 5.92 Å². The van der Waals surface area contributed by atoms with Gasteiger partial charge in [0, 0.05) is 26.6 Å². The SMILES string of the molecule is C=CC.CCCC(=O)C(C)C.CCCC(=O)CCC.[C-]#[O+].[H+].[HH]. The van der Waals surface area contributed by atoms with E-state index in [4.69, 9.17) is 4.65 Å². The Morgan fingerprint density at radius 3 is 1.52 bits per heavy atom. The number of carbonyl (C=O) groups is 2. The fourth-order valence-electron chi connectivity index (χ4n) is 1.22. The largest absolute Gasteiger partial charge is 1.00 e. The van der Waals surface area contributed by atoms with Crippen LogP contribution in [0.4, 0.5) is 0 Å². The number of ketones is 2. The second kappa shape index (κ2) is 27.2. The summed E-state index contributed by atoms with van der Waals surface area (Å²) in [6.45, 7) is 19.7. The zero-order chi connectivity index (χ0) is 17.7. The second-order valence-electron chi connectivity index (χ2n) is 4.82. The predicted octanol–water partition coefficient (Wildman–Crippen LogP) is 5.68. The maximum Gasteiger partial charge on any atom is 1.00 e. The topological polar surface area (TPSA) is 54.0 Å². The molecule has 0 atom stereocenters. The summed E-state index contributed by atoms with van der Waals surface area (Å²) in [4.78, 5) is 21.4. The van der Waals surface area contributed by atoms with E-state index in [1.807, 2.05) is 41.5 Å². The van der Waals surface area contributed by atoms with Gasteiger partial charge in [-0.05, 0) is 26.2 Å². The Morgan fingerprint density at radius 2 is 1.38 bits per heavy atom. The summed E-state index contributed by atoms with van der Waals surface area (Å²) in [5.41, 5.74) is 0. The molecular formula is C18H37O3+. The molecule has 0 N–H and O–H groups in total. The third-order valence-electron chi connectivity index (χ3n) is 2.20. The average molecular weight is 301 g/mol. The molecule has 0 saturated heterocycles. The second-order valence-corrected chi connectivity index (χ2v) is 4.82. The molecule has 0 aliphatic carbocycles. The van der Waals surface area contributed by atoms with Crippen molar-refractivity contribution >= 4 is 11.6 Å². The van der Waals surface area contributed by atoms with Crippen LogP contribution in [0, 0.1) is 12.6 Å². The van der Waals surface area contributed by atoms with Gasteiger partial charge in [0.25, 0.3) is 0 Å². The normalized spacial score (nSPS) is 8.05. The first-order valence-electron chi connectivity index (χ1n) is 7.72. The van der Waals surface area contributed by atoms with Crippen molar-refractivity contribution in [2.75, 3.05) is 0 Å². The van der Waals surface area contributed by atoms with Crippen molar-refractivity contribution in [2.45, 2.75) is 80.1 Å². The predicted molar refractivity (Wildman–Crippen MR) is 92.6 cm³/mol. The van der Waals surface area contributed by atoms with Gasteiger partial charge in [0.1, 0.15) is 11.6 Å². The van der Waals surface area contributed by atoms with Gasteiger partial charge in [-0.25, -0.2) is 0 Å². The quantitative estimate of drug-likeness (QED) is 0.345. The summed E-state index contributed by atoms with van der Waals surface area (Å²) in [6.07, 6.45) is 7.02. The van der Waals surface area contributed by atoms with Crippen LogP contribution < -0.4 is 0 Å². The van der Waals surface area contributed by atoms with Crippen molar-refractivity contribution < 1.29 is 17.1 Å². The van der Waals surface area contributed by atoms with E-state index in [1.165, 1.54) is 0 Å². The minimum absolute atomic E-state index is 0. The first-order valence-corrected chi connectivity index (χ1v) is 7.72. The van der Waals surface area contributed by atoms with Crippen LogP contribution in [0.25, 0.3) is 0 Å². The van der Waals surface area contributed by atoms with E-state index in [2.05, 4.69) is 13.2 Å². The molecule has 0 spiro atoms. The molecule has 21 heavy (non-hydrogen) atoms. The third kappa shape index (κ3) is 38.1. The molecule has 0 fully saturated rings. The molecule has 0 saturated carbocycles. The molecule has 3 nitrogen and oxygen atoms in total. The Bertz CT molecular complexity index is 254. The summed E-state index contributed by atoms with van der Waals surface area (Å²) < 4.78 is 7.50. The summed E-state index contributed by atoms with van der Waals surface area (Å²) >= 11 is 0. The van der Waals surface area contributed by atoms with E-state index in [0.29, 0.717) is 11.6 Å². The van der Waals surface area contributed by atoms with Crippen molar-refractivity contribution in [3.63, 3.8) is 0 Å². The van der Waals surface area contributed by atoms with E-state index in [0.717, 1.165) is 38.5 Å². The Balaban J connectivity index is -0.0000000459. The molecule has 0 rings (SSSR count). The number of hydrogen-bond acceptors (Lipinski definition) is 2. The fourth-order valence-corrected chi connectivity index (χ4v) is 1.22. The molecule has 126 valence electrons. The zero-order valence-electron chi connectivity index (χ0n) is 15.8. The fraction of sp³-hybridized carbons (Fsp3) is 0.722. The van der Waals surface area contributed by atoms with Gasteiger partial charge in [0.2, 0.25) is 0 Å². The van der Waals surface area contributed by atoms with Gasteiger partial charge in [-0.1, -0.05) is 40.7 Å². The van der Waals surface area contributed by atoms with E-state index in [1.54, 1.807) is 6.08 Å². The first kappa shape index (κ1) is 28.0. The minimum atomic E-state index is 0. The van der Waals surface area contributed by atoms with E-state index < -0.39 is 0 Å². The zero-order valence-corrected chi connectivity index (χ0v) is 14.8. The molecule has 3 heteroatoms. The summed E-state index contributed by atoms with van der Waals surface area (Å²) in [6, 6.07) is 0. The molecule has 0 aliphatic rings. The minimum Gasteiger partial charge on any atom is 0 e. The Morgan fingerprint density at radius 1 is 1.10 bits per heavy atom. The van der Waals surface area contributed by atoms with Gasteiger partial charge in [0.05, 0.1) is 0 Å². The number of Topliss-reactive ketones (excluding diaryl/α,β-unsaturated/α-hetero) is 2. The number of hydrogen-bond donors (Lipinski definition) is 0.